The van der Waals surface area contributed by atoms with Gasteiger partial charge in [-0.05, 0) is 93.5 Å². The number of hydrogen-bond acceptors (Lipinski definition) is 7. The molecule has 0 saturated heterocycles. The third kappa shape index (κ3) is 8.09. The molecule has 0 fully saturated rings. The van der Waals surface area contributed by atoms with Crippen molar-refractivity contribution >= 4 is 36.0 Å². The summed E-state index contributed by atoms with van der Waals surface area (Å²) in [5.74, 6) is 1.34. The van der Waals surface area contributed by atoms with Gasteiger partial charge in [-0.2, -0.15) is 0 Å². The zero-order chi connectivity index (χ0) is 27.6. The Labute approximate surface area is 233 Å². The fraction of sp³-hybridized carbons (Fsp3) is 0.419. The molecule has 0 aliphatic rings. The second-order valence-electron chi connectivity index (χ2n) is 9.55. The fourth-order valence-corrected chi connectivity index (χ4v) is 5.88. The second-order valence-corrected chi connectivity index (χ2v) is 11.2. The lowest BCUT2D eigenvalue weighted by atomic mass is 9.99. The van der Waals surface area contributed by atoms with E-state index in [2.05, 4.69) is 60.2 Å². The van der Waals surface area contributed by atoms with Crippen LogP contribution in [0.2, 0.25) is 0 Å². The minimum Gasteiger partial charge on any atom is -0.491 e. The summed E-state index contributed by atoms with van der Waals surface area (Å²) in [6.45, 7) is 11.3. The summed E-state index contributed by atoms with van der Waals surface area (Å²) in [6.07, 6.45) is 5.55. The predicted octanol–water partition coefficient (Wildman–Crippen LogP) is 6.94. The number of aryl methyl sites for hydroxylation is 4. The highest BCUT2D eigenvalue weighted by molar-refractivity contribution is 7.47. The number of pyridine rings is 2. The van der Waals surface area contributed by atoms with Gasteiger partial charge in [0.2, 0.25) is 0 Å². The molecule has 7 nitrogen and oxygen atoms in total. The standard InChI is InChI=1S/C31H40N3O4P/c1-5-37-39(38-6-2)17-7-14-35-15-16-36-26-12-11-25(23(4)19-26)10-9-24-20-28-27-13-8-22(3)18-29(27)34-31(32)30(28)33-21-24/h8,11-13,18-21H,5-7,9-10,14-17H2,1-4H3,(H2,32,34). The van der Waals surface area contributed by atoms with E-state index in [9.17, 15) is 0 Å². The highest BCUT2D eigenvalue weighted by Gasteiger charge is 2.10. The second kappa shape index (κ2) is 14.5. The minimum absolute atomic E-state index is 0.476. The minimum atomic E-state index is -0.787. The number of ether oxygens (including phenoxy) is 2. The highest BCUT2D eigenvalue weighted by Crippen LogP contribution is 2.38. The molecule has 4 rings (SSSR count). The van der Waals surface area contributed by atoms with Gasteiger partial charge in [0.05, 0.1) is 25.3 Å². The first-order chi connectivity index (χ1) is 19.0. The molecule has 0 aliphatic heterocycles. The van der Waals surface area contributed by atoms with E-state index >= 15 is 0 Å². The number of rotatable bonds is 15. The van der Waals surface area contributed by atoms with E-state index in [4.69, 9.17) is 24.3 Å². The van der Waals surface area contributed by atoms with Crippen LogP contribution >= 0.6 is 8.38 Å². The fourth-order valence-electron chi connectivity index (χ4n) is 4.59. The van der Waals surface area contributed by atoms with Crippen molar-refractivity contribution in [3.05, 3.63) is 70.9 Å². The first-order valence-electron chi connectivity index (χ1n) is 13.8. The Hall–Kier alpha value is -2.83. The van der Waals surface area contributed by atoms with E-state index in [1.165, 1.54) is 22.3 Å². The van der Waals surface area contributed by atoms with Gasteiger partial charge in [-0.15, -0.1) is 0 Å². The van der Waals surface area contributed by atoms with E-state index in [0.717, 1.165) is 53.0 Å². The van der Waals surface area contributed by atoms with Crippen LogP contribution in [-0.4, -0.2) is 49.2 Å². The smallest absolute Gasteiger partial charge is 0.170 e. The Bertz CT molecular complexity index is 1380. The van der Waals surface area contributed by atoms with Crippen LogP contribution in [0.25, 0.3) is 21.8 Å². The van der Waals surface area contributed by atoms with Gasteiger partial charge in [-0.3, -0.25) is 4.98 Å². The van der Waals surface area contributed by atoms with E-state index in [1.807, 2.05) is 26.1 Å². The lowest BCUT2D eigenvalue weighted by Crippen LogP contribution is -2.09. The van der Waals surface area contributed by atoms with Crippen molar-refractivity contribution in [2.75, 3.05) is 44.9 Å². The normalized spacial score (nSPS) is 11.6. The van der Waals surface area contributed by atoms with E-state index in [-0.39, 0.29) is 0 Å². The van der Waals surface area contributed by atoms with Crippen LogP contribution in [0.4, 0.5) is 5.82 Å². The summed E-state index contributed by atoms with van der Waals surface area (Å²) < 4.78 is 22.9. The van der Waals surface area contributed by atoms with Gasteiger partial charge in [0.25, 0.3) is 0 Å². The summed E-state index contributed by atoms with van der Waals surface area (Å²) in [6, 6.07) is 14.8. The molecule has 0 spiro atoms. The molecular weight excluding hydrogens is 509 g/mol. The average molecular weight is 550 g/mol. The number of hydrogen-bond donors (Lipinski definition) is 1. The number of benzene rings is 2. The summed E-state index contributed by atoms with van der Waals surface area (Å²) in [5.41, 5.74) is 12.8. The monoisotopic (exact) mass is 549 g/mol. The summed E-state index contributed by atoms with van der Waals surface area (Å²) in [7, 11) is -0.787. The van der Waals surface area contributed by atoms with Crippen molar-refractivity contribution in [1.82, 2.24) is 9.97 Å². The van der Waals surface area contributed by atoms with Gasteiger partial charge in [-0.1, -0.05) is 18.2 Å². The van der Waals surface area contributed by atoms with Crippen molar-refractivity contribution in [1.29, 1.82) is 0 Å². The first-order valence-corrected chi connectivity index (χ1v) is 15.1. The van der Waals surface area contributed by atoms with Crippen LogP contribution in [0.3, 0.4) is 0 Å². The molecule has 39 heavy (non-hydrogen) atoms. The van der Waals surface area contributed by atoms with Crippen LogP contribution in [0.15, 0.2) is 48.7 Å². The molecule has 0 unspecified atom stereocenters. The van der Waals surface area contributed by atoms with Gasteiger partial charge in [0.1, 0.15) is 17.9 Å². The number of nitrogen functional groups attached to an aromatic ring is 1. The Morgan fingerprint density at radius 2 is 1.69 bits per heavy atom. The molecule has 8 heteroatoms. The molecule has 2 aromatic heterocycles. The molecule has 2 N–H and O–H groups in total. The van der Waals surface area contributed by atoms with Crippen LogP contribution < -0.4 is 10.5 Å². The molecule has 0 radical (unpaired) electrons. The molecular formula is C31H40N3O4P. The van der Waals surface area contributed by atoms with Crippen LogP contribution in [0.1, 0.15) is 42.5 Å². The third-order valence-corrected chi connectivity index (χ3v) is 8.31. The quantitative estimate of drug-likeness (QED) is 0.0976. The number of nitrogens with zero attached hydrogens (tertiary/aromatic N) is 2. The molecule has 208 valence electrons. The summed E-state index contributed by atoms with van der Waals surface area (Å²) in [4.78, 5) is 9.21. The average Bonchev–Trinajstić information content (AvgIpc) is 2.92. The maximum Gasteiger partial charge on any atom is 0.170 e. The van der Waals surface area contributed by atoms with Gasteiger partial charge >= 0.3 is 0 Å². The van der Waals surface area contributed by atoms with Gasteiger partial charge in [0.15, 0.2) is 14.2 Å². The molecule has 4 aromatic rings. The maximum atomic E-state index is 6.22. The van der Waals surface area contributed by atoms with Crippen LogP contribution in [0, 0.1) is 13.8 Å². The molecule has 0 bridgehead atoms. The maximum absolute atomic E-state index is 6.22. The van der Waals surface area contributed by atoms with Crippen molar-refractivity contribution in [2.24, 2.45) is 0 Å². The Balaban J connectivity index is 1.26. The molecule has 0 amide bonds. The summed E-state index contributed by atoms with van der Waals surface area (Å²) >= 11 is 0. The van der Waals surface area contributed by atoms with Gasteiger partial charge in [-0.25, -0.2) is 4.98 Å². The molecule has 0 aliphatic carbocycles. The number of fused-ring (bicyclic) bond motifs is 3. The van der Waals surface area contributed by atoms with Gasteiger partial charge in [0, 0.05) is 29.7 Å². The summed E-state index contributed by atoms with van der Waals surface area (Å²) in [5, 5.41) is 2.14. The zero-order valence-electron chi connectivity index (χ0n) is 23.5. The molecule has 2 aromatic carbocycles. The number of nitrogens with two attached hydrogens (primary N) is 1. The molecule has 2 heterocycles. The molecule has 0 saturated carbocycles. The Morgan fingerprint density at radius 1 is 0.872 bits per heavy atom. The van der Waals surface area contributed by atoms with Crippen molar-refractivity contribution in [2.45, 2.75) is 47.0 Å². The largest absolute Gasteiger partial charge is 0.491 e. The van der Waals surface area contributed by atoms with Crippen LogP contribution in [0.5, 0.6) is 5.75 Å². The highest BCUT2D eigenvalue weighted by atomic mass is 31.2. The van der Waals surface area contributed by atoms with E-state index in [1.54, 1.807) is 0 Å². The van der Waals surface area contributed by atoms with E-state index < -0.39 is 8.38 Å². The number of anilines is 1. The number of aromatic nitrogens is 2. The van der Waals surface area contributed by atoms with Crippen LogP contribution in [-0.2, 0) is 26.6 Å². The van der Waals surface area contributed by atoms with Crippen molar-refractivity contribution < 1.29 is 18.5 Å². The topological polar surface area (TPSA) is 88.7 Å². The molecule has 0 atom stereocenters. The van der Waals surface area contributed by atoms with Crippen molar-refractivity contribution in [3.8, 4) is 5.75 Å². The van der Waals surface area contributed by atoms with Gasteiger partial charge < -0.3 is 24.3 Å². The SMILES string of the molecule is CCOP(CCCOCCOc1ccc(CCc2cnc3c(N)nc4cc(C)ccc4c3c2)c(C)c1)OCC. The third-order valence-electron chi connectivity index (χ3n) is 6.54. The zero-order valence-corrected chi connectivity index (χ0v) is 24.4. The lowest BCUT2D eigenvalue weighted by molar-refractivity contribution is 0.100. The van der Waals surface area contributed by atoms with E-state index in [0.29, 0.717) is 38.9 Å². The predicted molar refractivity (Wildman–Crippen MR) is 161 cm³/mol. The van der Waals surface area contributed by atoms with Crippen molar-refractivity contribution in [3.63, 3.8) is 0 Å². The first kappa shape index (κ1) is 29.2. The Morgan fingerprint density at radius 3 is 2.46 bits per heavy atom. The Kier molecular flexibility index (Phi) is 10.9. The lowest BCUT2D eigenvalue weighted by Gasteiger charge is -2.15.